The van der Waals surface area contributed by atoms with Crippen LogP contribution in [-0.2, 0) is 6.18 Å². The van der Waals surface area contributed by atoms with Gasteiger partial charge in [0.05, 0.1) is 5.56 Å². The molecule has 0 saturated heterocycles. The normalized spacial score (nSPS) is 10.7. The number of alkyl halides is 3. The number of carbonyl (C=O) groups is 1. The number of amides is 1. The predicted molar refractivity (Wildman–Crippen MR) is 94.4 cm³/mol. The second-order valence-electron chi connectivity index (χ2n) is 4.93. The summed E-state index contributed by atoms with van der Waals surface area (Å²) in [5, 5.41) is 7.33. The molecule has 1 aromatic heterocycles. The first kappa shape index (κ1) is 23.0. The van der Waals surface area contributed by atoms with Crippen LogP contribution in [0.5, 0.6) is 0 Å². The number of hydrogen-bond acceptors (Lipinski definition) is 3. The molecule has 0 aliphatic heterocycles. The maximum Gasteiger partial charge on any atom is 0.417 e. The van der Waals surface area contributed by atoms with Crippen LogP contribution in [0.1, 0.15) is 22.5 Å². The molecule has 0 fully saturated rings. The molecule has 0 bridgehead atoms. The number of aromatic amines is 1. The molecule has 0 spiro atoms. The summed E-state index contributed by atoms with van der Waals surface area (Å²) in [6.45, 7) is 0.411. The highest BCUT2D eigenvalue weighted by Crippen LogP contribution is 2.35. The molecule has 1 aromatic carbocycles. The predicted octanol–water partition coefficient (Wildman–Crippen LogP) is 2.71. The molecule has 11 heteroatoms. The van der Waals surface area contributed by atoms with Crippen LogP contribution in [0.2, 0.25) is 0 Å². The minimum Gasteiger partial charge on any atom is -0.370 e. The second-order valence-corrected chi connectivity index (χ2v) is 4.93. The number of nitrogens with one attached hydrogen (secondary N) is 2. The van der Waals surface area contributed by atoms with E-state index >= 15 is 0 Å². The zero-order chi connectivity index (χ0) is 17.2. The van der Waals surface area contributed by atoms with Crippen molar-refractivity contribution < 1.29 is 18.0 Å². The Kier molecular flexibility index (Phi) is 8.23. The molecule has 0 atom stereocenters. The first-order chi connectivity index (χ1) is 10.8. The van der Waals surface area contributed by atoms with E-state index in [1.54, 1.807) is 0 Å². The summed E-state index contributed by atoms with van der Waals surface area (Å²) in [6.07, 6.45) is -4.11. The van der Waals surface area contributed by atoms with Crippen LogP contribution in [0.3, 0.4) is 0 Å². The first-order valence-corrected chi connectivity index (χ1v) is 6.80. The molecule has 0 aliphatic rings. The number of nitrogens with zero attached hydrogens (tertiary/aromatic N) is 1. The van der Waals surface area contributed by atoms with Gasteiger partial charge in [0.2, 0.25) is 0 Å². The Morgan fingerprint density at radius 1 is 1.28 bits per heavy atom. The molecule has 2 rings (SSSR count). The summed E-state index contributed by atoms with van der Waals surface area (Å²) in [5.41, 5.74) is 10.0. The molecule has 0 radical (unpaired) electrons. The van der Waals surface area contributed by atoms with Gasteiger partial charge in [-0.05, 0) is 31.2 Å². The van der Waals surface area contributed by atoms with Crippen molar-refractivity contribution in [3.63, 3.8) is 0 Å². The fourth-order valence-corrected chi connectivity index (χ4v) is 2.24. The van der Waals surface area contributed by atoms with Gasteiger partial charge < -0.3 is 16.5 Å². The lowest BCUT2D eigenvalue weighted by Gasteiger charge is -2.19. The number of carbonyl (C=O) groups excluding carboxylic acids is 1. The molecule has 0 unspecified atom stereocenters. The number of aromatic nitrogens is 1. The van der Waals surface area contributed by atoms with Crippen molar-refractivity contribution in [2.45, 2.75) is 12.6 Å². The zero-order valence-electron chi connectivity index (χ0n) is 12.9. The van der Waals surface area contributed by atoms with Crippen LogP contribution in [0.15, 0.2) is 24.3 Å². The molecule has 1 heterocycles. The lowest BCUT2D eigenvalue weighted by Crippen LogP contribution is -2.42. The van der Waals surface area contributed by atoms with Gasteiger partial charge >= 0.3 is 6.18 Å². The van der Waals surface area contributed by atoms with Crippen molar-refractivity contribution in [2.75, 3.05) is 13.1 Å². The van der Waals surface area contributed by atoms with Gasteiger partial charge in [-0.25, -0.2) is 0 Å². The Bertz CT molecular complexity index is 748. The summed E-state index contributed by atoms with van der Waals surface area (Å²) in [4.78, 5) is 16.0. The number of guanidine groups is 1. The van der Waals surface area contributed by atoms with Gasteiger partial charge in [-0.2, -0.15) is 13.2 Å². The van der Waals surface area contributed by atoms with E-state index in [1.165, 1.54) is 12.1 Å². The van der Waals surface area contributed by atoms with E-state index in [9.17, 15) is 18.0 Å². The fourth-order valence-electron chi connectivity index (χ4n) is 2.24. The minimum absolute atomic E-state index is 0. The van der Waals surface area contributed by atoms with E-state index in [2.05, 4.69) is 4.98 Å². The molecular weight excluding hydrogens is 382 g/mol. The number of benzene rings is 1. The number of nitrogens with two attached hydrogens (primary N) is 2. The van der Waals surface area contributed by atoms with Crippen LogP contribution in [-0.4, -0.2) is 34.8 Å². The molecule has 0 aliphatic carbocycles. The standard InChI is InChI=1S/C14H16F3N5O.2ClH/c15-14(16,17)9-3-1-4-10-8(9)7-11(21-10)12(23)22(13(19)20)6-2-5-18;;/h1,3-4,7,21H,2,5-6,18H2,(H3,19,20);2*1H. The van der Waals surface area contributed by atoms with Gasteiger partial charge in [0, 0.05) is 17.4 Å². The molecule has 0 saturated carbocycles. The smallest absolute Gasteiger partial charge is 0.370 e. The highest BCUT2D eigenvalue weighted by atomic mass is 35.5. The van der Waals surface area contributed by atoms with E-state index in [0.29, 0.717) is 13.0 Å². The quantitative estimate of drug-likeness (QED) is 0.468. The van der Waals surface area contributed by atoms with Gasteiger partial charge in [-0.1, -0.05) is 6.07 Å². The topological polar surface area (TPSA) is 112 Å². The van der Waals surface area contributed by atoms with E-state index in [0.717, 1.165) is 17.0 Å². The van der Waals surface area contributed by atoms with Gasteiger partial charge in [0.1, 0.15) is 5.69 Å². The zero-order valence-corrected chi connectivity index (χ0v) is 14.5. The summed E-state index contributed by atoms with van der Waals surface area (Å²) >= 11 is 0. The monoisotopic (exact) mass is 399 g/mol. The lowest BCUT2D eigenvalue weighted by molar-refractivity contribution is -0.136. The lowest BCUT2D eigenvalue weighted by atomic mass is 10.1. The largest absolute Gasteiger partial charge is 0.417 e. The van der Waals surface area contributed by atoms with E-state index < -0.39 is 23.6 Å². The molecule has 2 aromatic rings. The van der Waals surface area contributed by atoms with Crippen LogP contribution in [0.4, 0.5) is 13.2 Å². The molecule has 25 heavy (non-hydrogen) atoms. The molecule has 6 N–H and O–H groups in total. The minimum atomic E-state index is -4.53. The molecule has 140 valence electrons. The SMILES string of the molecule is Cl.Cl.N=C(N)N(CCCN)C(=O)c1cc2c(C(F)(F)F)cccc2[nH]1. The molecular formula is C14H18Cl2F3N5O. The number of H-pyrrole nitrogens is 1. The van der Waals surface area contributed by atoms with Gasteiger partial charge in [0.25, 0.3) is 5.91 Å². The highest BCUT2D eigenvalue weighted by molar-refractivity contribution is 6.06. The van der Waals surface area contributed by atoms with Crippen molar-refractivity contribution in [3.05, 3.63) is 35.5 Å². The number of hydrogen-bond donors (Lipinski definition) is 4. The summed E-state index contributed by atoms with van der Waals surface area (Å²) in [7, 11) is 0. The van der Waals surface area contributed by atoms with Crippen molar-refractivity contribution in [1.82, 2.24) is 9.88 Å². The average Bonchev–Trinajstić information content (AvgIpc) is 2.89. The van der Waals surface area contributed by atoms with Crippen LogP contribution < -0.4 is 11.5 Å². The van der Waals surface area contributed by atoms with Crippen LogP contribution >= 0.6 is 24.8 Å². The number of rotatable bonds is 4. The summed E-state index contributed by atoms with van der Waals surface area (Å²) < 4.78 is 39.0. The molecule has 6 nitrogen and oxygen atoms in total. The first-order valence-electron chi connectivity index (χ1n) is 6.80. The Morgan fingerprint density at radius 2 is 1.92 bits per heavy atom. The number of fused-ring (bicyclic) bond motifs is 1. The fraction of sp³-hybridized carbons (Fsp3) is 0.286. The summed E-state index contributed by atoms with van der Waals surface area (Å²) in [6, 6.07) is 4.77. The van der Waals surface area contributed by atoms with Crippen LogP contribution in [0, 0.1) is 5.41 Å². The number of halogens is 5. The maximum atomic E-state index is 13.0. The van der Waals surface area contributed by atoms with E-state index in [4.69, 9.17) is 16.9 Å². The van der Waals surface area contributed by atoms with Crippen LogP contribution in [0.25, 0.3) is 10.9 Å². The Labute approximate surface area is 154 Å². The van der Waals surface area contributed by atoms with Crippen molar-refractivity contribution in [2.24, 2.45) is 11.5 Å². The maximum absolute atomic E-state index is 13.0. The highest BCUT2D eigenvalue weighted by Gasteiger charge is 2.33. The van der Waals surface area contributed by atoms with Gasteiger partial charge in [-0.15, -0.1) is 24.8 Å². The second kappa shape index (κ2) is 8.93. The molecule has 1 amide bonds. The van der Waals surface area contributed by atoms with Gasteiger partial charge in [0.15, 0.2) is 5.96 Å². The Balaban J connectivity index is 0.00000288. The van der Waals surface area contributed by atoms with E-state index in [-0.39, 0.29) is 48.0 Å². The third-order valence-electron chi connectivity index (χ3n) is 3.32. The van der Waals surface area contributed by atoms with Gasteiger partial charge in [-0.3, -0.25) is 15.1 Å². The Morgan fingerprint density at radius 3 is 2.44 bits per heavy atom. The summed E-state index contributed by atoms with van der Waals surface area (Å²) in [5.74, 6) is -1.16. The third kappa shape index (κ3) is 5.00. The third-order valence-corrected chi connectivity index (χ3v) is 3.32. The van der Waals surface area contributed by atoms with Crippen molar-refractivity contribution in [1.29, 1.82) is 5.41 Å². The van der Waals surface area contributed by atoms with Crippen molar-refractivity contribution in [3.8, 4) is 0 Å². The van der Waals surface area contributed by atoms with E-state index in [1.807, 2.05) is 0 Å². The average molecular weight is 400 g/mol. The Hall–Kier alpha value is -1.97. The van der Waals surface area contributed by atoms with Crippen molar-refractivity contribution >= 4 is 47.6 Å².